The Bertz CT molecular complexity index is 770. The average molecular weight is 445 g/mol. The third-order valence-electron chi connectivity index (χ3n) is 3.91. The Labute approximate surface area is 168 Å². The molecule has 0 N–H and O–H groups in total. The number of benzene rings is 1. The van der Waals surface area contributed by atoms with E-state index in [9.17, 15) is 35.5 Å². The number of alkyl halides is 7. The van der Waals surface area contributed by atoms with Gasteiger partial charge in [-0.05, 0) is 52.8 Å². The van der Waals surface area contributed by atoms with E-state index >= 15 is 0 Å². The molecule has 0 saturated heterocycles. The molecular formula is C18H22F7N3O2. The van der Waals surface area contributed by atoms with Crippen LogP contribution in [-0.4, -0.2) is 41.8 Å². The topological polar surface area (TPSA) is 54.3 Å². The van der Waals surface area contributed by atoms with E-state index in [-0.39, 0.29) is 24.8 Å². The SMILES string of the molecule is CCOC(=O)c1ccc(N=NN(C(C)C)C(C)C)c(C(F)(F)C(F)(F)C(F)(F)F)c1. The molecule has 12 heteroatoms. The lowest BCUT2D eigenvalue weighted by Gasteiger charge is -2.29. The van der Waals surface area contributed by atoms with Gasteiger partial charge in [-0.3, -0.25) is 5.01 Å². The van der Waals surface area contributed by atoms with Gasteiger partial charge in [0.15, 0.2) is 0 Å². The van der Waals surface area contributed by atoms with Crippen molar-refractivity contribution >= 4 is 11.7 Å². The number of hydrogen-bond donors (Lipinski definition) is 0. The van der Waals surface area contributed by atoms with Gasteiger partial charge in [-0.15, -0.1) is 5.11 Å². The van der Waals surface area contributed by atoms with Crippen LogP contribution in [0.15, 0.2) is 28.5 Å². The van der Waals surface area contributed by atoms with Crippen LogP contribution in [0.4, 0.5) is 36.4 Å². The van der Waals surface area contributed by atoms with Gasteiger partial charge >= 0.3 is 24.0 Å². The molecule has 170 valence electrons. The maximum Gasteiger partial charge on any atom is 0.460 e. The van der Waals surface area contributed by atoms with Crippen LogP contribution in [-0.2, 0) is 10.7 Å². The standard InChI is InChI=1S/C18H22F7N3O2/c1-6-30-15(29)12-7-8-14(26-27-28(10(2)3)11(4)5)13(9-12)16(19,20)17(21,22)18(23,24)25/h7-11H,6H2,1-5H3. The number of halogens is 7. The van der Waals surface area contributed by atoms with E-state index < -0.39 is 40.8 Å². The van der Waals surface area contributed by atoms with Crippen molar-refractivity contribution in [3.63, 3.8) is 0 Å². The molecule has 0 aliphatic rings. The first kappa shape index (κ1) is 25.6. The fraction of sp³-hybridized carbons (Fsp3) is 0.611. The number of carbonyl (C=O) groups excluding carboxylic acids is 1. The van der Waals surface area contributed by atoms with Crippen LogP contribution in [0.3, 0.4) is 0 Å². The fourth-order valence-corrected chi connectivity index (χ4v) is 2.47. The van der Waals surface area contributed by atoms with Crippen molar-refractivity contribution < 1.29 is 40.3 Å². The summed E-state index contributed by atoms with van der Waals surface area (Å²) in [6.07, 6.45) is -6.55. The van der Waals surface area contributed by atoms with Crippen LogP contribution in [0.25, 0.3) is 0 Å². The zero-order chi connectivity index (χ0) is 23.5. The van der Waals surface area contributed by atoms with E-state index in [4.69, 9.17) is 0 Å². The summed E-state index contributed by atoms with van der Waals surface area (Å²) in [6, 6.07) is 1.30. The largest absolute Gasteiger partial charge is 0.462 e. The number of nitrogens with zero attached hydrogens (tertiary/aromatic N) is 3. The van der Waals surface area contributed by atoms with Crippen molar-refractivity contribution in [3.8, 4) is 0 Å². The Morgan fingerprint density at radius 1 is 1.03 bits per heavy atom. The maximum absolute atomic E-state index is 14.4. The second kappa shape index (κ2) is 9.17. The molecule has 0 fully saturated rings. The molecule has 1 aromatic rings. The van der Waals surface area contributed by atoms with E-state index in [0.717, 1.165) is 6.07 Å². The highest BCUT2D eigenvalue weighted by atomic mass is 19.4. The summed E-state index contributed by atoms with van der Waals surface area (Å²) >= 11 is 0. The second-order valence-corrected chi connectivity index (χ2v) is 6.86. The highest BCUT2D eigenvalue weighted by molar-refractivity contribution is 5.90. The van der Waals surface area contributed by atoms with Crippen LogP contribution >= 0.6 is 0 Å². The Hall–Kier alpha value is -2.40. The Morgan fingerprint density at radius 3 is 2.00 bits per heavy atom. The van der Waals surface area contributed by atoms with Gasteiger partial charge in [0, 0.05) is 12.1 Å². The molecule has 0 spiro atoms. The number of hydrogen-bond acceptors (Lipinski definition) is 4. The van der Waals surface area contributed by atoms with Gasteiger partial charge in [0.1, 0.15) is 0 Å². The van der Waals surface area contributed by atoms with E-state index in [0.29, 0.717) is 6.07 Å². The molecule has 0 heterocycles. The van der Waals surface area contributed by atoms with E-state index in [1.165, 1.54) is 11.9 Å². The predicted octanol–water partition coefficient (Wildman–Crippen LogP) is 6.27. The lowest BCUT2D eigenvalue weighted by Crippen LogP contribution is -2.50. The summed E-state index contributed by atoms with van der Waals surface area (Å²) in [4.78, 5) is 11.8. The minimum Gasteiger partial charge on any atom is -0.462 e. The summed E-state index contributed by atoms with van der Waals surface area (Å²) in [5.74, 6) is -13.3. The van der Waals surface area contributed by atoms with Crippen LogP contribution in [0, 0.1) is 0 Å². The van der Waals surface area contributed by atoms with Crippen molar-refractivity contribution in [1.29, 1.82) is 0 Å². The predicted molar refractivity (Wildman–Crippen MR) is 93.9 cm³/mol. The molecule has 0 atom stereocenters. The molecule has 30 heavy (non-hydrogen) atoms. The van der Waals surface area contributed by atoms with Gasteiger partial charge in [0.05, 0.1) is 23.4 Å². The number of carbonyl (C=O) groups is 1. The van der Waals surface area contributed by atoms with Crippen LogP contribution < -0.4 is 0 Å². The Balaban J connectivity index is 3.66. The van der Waals surface area contributed by atoms with Gasteiger partial charge in [-0.25, -0.2) is 4.79 Å². The summed E-state index contributed by atoms with van der Waals surface area (Å²) in [6.45, 7) is 8.00. The second-order valence-electron chi connectivity index (χ2n) is 6.86. The van der Waals surface area contributed by atoms with Gasteiger partial charge in [-0.1, -0.05) is 5.22 Å². The molecule has 0 aliphatic carbocycles. The number of ether oxygens (including phenoxy) is 1. The van der Waals surface area contributed by atoms with Crippen LogP contribution in [0.5, 0.6) is 0 Å². The van der Waals surface area contributed by atoms with Gasteiger partial charge in [-0.2, -0.15) is 30.7 Å². The van der Waals surface area contributed by atoms with E-state index in [1.54, 1.807) is 27.7 Å². The Morgan fingerprint density at radius 2 is 1.57 bits per heavy atom. The average Bonchev–Trinajstić information content (AvgIpc) is 2.60. The molecule has 0 saturated carbocycles. The highest BCUT2D eigenvalue weighted by Crippen LogP contribution is 2.53. The van der Waals surface area contributed by atoms with Crippen molar-refractivity contribution in [2.75, 3.05) is 6.61 Å². The molecule has 5 nitrogen and oxygen atoms in total. The van der Waals surface area contributed by atoms with Gasteiger partial charge < -0.3 is 4.74 Å². The summed E-state index contributed by atoms with van der Waals surface area (Å²) in [7, 11) is 0. The first-order valence-corrected chi connectivity index (χ1v) is 8.91. The smallest absolute Gasteiger partial charge is 0.460 e. The minimum atomic E-state index is -6.55. The lowest BCUT2D eigenvalue weighted by atomic mass is 9.97. The molecule has 0 radical (unpaired) electrons. The molecule has 1 rings (SSSR count). The molecule has 1 aromatic carbocycles. The molecule has 0 bridgehead atoms. The zero-order valence-electron chi connectivity index (χ0n) is 16.9. The van der Waals surface area contributed by atoms with Gasteiger partial charge in [0.25, 0.3) is 0 Å². The highest BCUT2D eigenvalue weighted by Gasteiger charge is 2.74. The quantitative estimate of drug-likeness (QED) is 0.205. The minimum absolute atomic E-state index is 0.164. The summed E-state index contributed by atoms with van der Waals surface area (Å²) in [5, 5.41) is 8.52. The van der Waals surface area contributed by atoms with Crippen LogP contribution in [0.1, 0.15) is 50.5 Å². The van der Waals surface area contributed by atoms with Crippen molar-refractivity contribution in [3.05, 3.63) is 29.3 Å². The first-order chi connectivity index (χ1) is 13.6. The summed E-state index contributed by atoms with van der Waals surface area (Å²) in [5.41, 5.74) is -3.37. The normalized spacial score (nSPS) is 13.4. The first-order valence-electron chi connectivity index (χ1n) is 8.91. The number of rotatable bonds is 8. The van der Waals surface area contributed by atoms with Crippen molar-refractivity contribution in [2.24, 2.45) is 10.3 Å². The Kier molecular flexibility index (Phi) is 7.84. The van der Waals surface area contributed by atoms with E-state index in [1.807, 2.05) is 0 Å². The molecular weight excluding hydrogens is 423 g/mol. The monoisotopic (exact) mass is 445 g/mol. The molecule has 0 aliphatic heterocycles. The maximum atomic E-state index is 14.4. The zero-order valence-corrected chi connectivity index (χ0v) is 16.9. The number of esters is 1. The molecule has 0 unspecified atom stereocenters. The molecule has 0 aromatic heterocycles. The van der Waals surface area contributed by atoms with E-state index in [2.05, 4.69) is 15.1 Å². The van der Waals surface area contributed by atoms with Crippen molar-refractivity contribution in [1.82, 2.24) is 5.01 Å². The summed E-state index contributed by atoms with van der Waals surface area (Å²) < 4.78 is 98.7. The lowest BCUT2D eigenvalue weighted by molar-refractivity contribution is -0.359. The fourth-order valence-electron chi connectivity index (χ4n) is 2.47. The van der Waals surface area contributed by atoms with Crippen LogP contribution in [0.2, 0.25) is 0 Å². The molecule has 0 amide bonds. The third kappa shape index (κ3) is 5.20. The van der Waals surface area contributed by atoms with Crippen molar-refractivity contribution in [2.45, 2.75) is 64.7 Å². The van der Waals surface area contributed by atoms with Gasteiger partial charge in [0.2, 0.25) is 0 Å². The third-order valence-corrected chi connectivity index (χ3v) is 3.91.